The molecule has 1 atom stereocenters. The summed E-state index contributed by atoms with van der Waals surface area (Å²) in [7, 11) is 3.56. The van der Waals surface area contributed by atoms with Crippen LogP contribution in [0.4, 0.5) is 5.69 Å². The maximum Gasteiger partial charge on any atom is 0.242 e. The molecule has 3 N–H and O–H groups in total. The van der Waals surface area contributed by atoms with Crippen molar-refractivity contribution in [3.63, 3.8) is 0 Å². The van der Waals surface area contributed by atoms with Crippen LogP contribution in [0, 0.1) is 0 Å². The molecule has 2 amide bonds. The molecule has 0 aliphatic carbocycles. The van der Waals surface area contributed by atoms with Gasteiger partial charge in [0.05, 0.1) is 6.20 Å². The first-order valence-electron chi connectivity index (χ1n) is 8.35. The highest BCUT2D eigenvalue weighted by atomic mass is 16.2. The Balaban J connectivity index is 1.89. The molecule has 0 radical (unpaired) electrons. The van der Waals surface area contributed by atoms with Gasteiger partial charge in [0.25, 0.3) is 0 Å². The zero-order valence-electron chi connectivity index (χ0n) is 14.9. The lowest BCUT2D eigenvalue weighted by Crippen LogP contribution is -2.35. The lowest BCUT2D eigenvalue weighted by Gasteiger charge is -2.14. The molecule has 0 aliphatic heterocycles. The molecule has 1 unspecified atom stereocenters. The van der Waals surface area contributed by atoms with Crippen molar-refractivity contribution in [2.75, 3.05) is 12.4 Å². The summed E-state index contributed by atoms with van der Waals surface area (Å²) in [6, 6.07) is 7.01. The van der Waals surface area contributed by atoms with Crippen molar-refractivity contribution >= 4 is 17.5 Å². The molecule has 0 aliphatic rings. The average molecular weight is 343 g/mol. The number of carbonyl (C=O) groups is 2. The third-order valence-corrected chi connectivity index (χ3v) is 3.79. The van der Waals surface area contributed by atoms with Crippen LogP contribution in [-0.4, -0.2) is 28.6 Å². The normalized spacial score (nSPS) is 11.8. The highest BCUT2D eigenvalue weighted by Gasteiger charge is 2.19. The number of aromatic nitrogens is 2. The van der Waals surface area contributed by atoms with Crippen LogP contribution < -0.4 is 16.0 Å². The Bertz CT molecular complexity index is 709. The number of nitrogens with zero attached hydrogens (tertiary/aromatic N) is 2. The van der Waals surface area contributed by atoms with Crippen molar-refractivity contribution in [2.24, 2.45) is 7.05 Å². The number of hydrogen-bond acceptors (Lipinski definition) is 4. The van der Waals surface area contributed by atoms with E-state index in [9.17, 15) is 9.59 Å². The van der Waals surface area contributed by atoms with Crippen LogP contribution in [0.25, 0.3) is 0 Å². The molecule has 0 fully saturated rings. The Hall–Kier alpha value is -2.67. The minimum atomic E-state index is -0.443. The largest absolute Gasteiger partial charge is 0.350 e. The second-order valence-corrected chi connectivity index (χ2v) is 5.88. The van der Waals surface area contributed by atoms with Crippen LogP contribution in [0.2, 0.25) is 0 Å². The van der Waals surface area contributed by atoms with E-state index in [1.54, 1.807) is 17.9 Å². The SMILES string of the molecule is CCCC(=O)Nc1ccc(CNC(=O)C(NC)c2cnn(C)c2)cc1. The van der Waals surface area contributed by atoms with Gasteiger partial charge in [0.2, 0.25) is 11.8 Å². The summed E-state index contributed by atoms with van der Waals surface area (Å²) in [5, 5.41) is 12.8. The fourth-order valence-electron chi connectivity index (χ4n) is 2.49. The minimum Gasteiger partial charge on any atom is -0.350 e. The van der Waals surface area contributed by atoms with Gasteiger partial charge in [-0.1, -0.05) is 19.1 Å². The zero-order chi connectivity index (χ0) is 18.2. The number of benzene rings is 1. The molecule has 1 aromatic carbocycles. The fraction of sp³-hybridized carbons (Fsp3) is 0.389. The molecule has 25 heavy (non-hydrogen) atoms. The first-order chi connectivity index (χ1) is 12.0. The Morgan fingerprint density at radius 3 is 2.52 bits per heavy atom. The van der Waals surface area contributed by atoms with Crippen molar-refractivity contribution in [1.82, 2.24) is 20.4 Å². The number of rotatable bonds is 8. The summed E-state index contributed by atoms with van der Waals surface area (Å²) in [6.45, 7) is 2.38. The van der Waals surface area contributed by atoms with E-state index < -0.39 is 6.04 Å². The topological polar surface area (TPSA) is 88.1 Å². The maximum atomic E-state index is 12.4. The summed E-state index contributed by atoms with van der Waals surface area (Å²) in [5.41, 5.74) is 2.54. The van der Waals surface area contributed by atoms with Gasteiger partial charge in [0.1, 0.15) is 6.04 Å². The molecule has 2 aromatic rings. The lowest BCUT2D eigenvalue weighted by atomic mass is 10.1. The van der Waals surface area contributed by atoms with Crippen molar-refractivity contribution in [3.8, 4) is 0 Å². The Kier molecular flexibility index (Phi) is 6.71. The molecule has 7 nitrogen and oxygen atoms in total. The monoisotopic (exact) mass is 343 g/mol. The summed E-state index contributed by atoms with van der Waals surface area (Å²) in [4.78, 5) is 23.9. The van der Waals surface area contributed by atoms with E-state index in [4.69, 9.17) is 0 Å². The molecular weight excluding hydrogens is 318 g/mol. The molecule has 134 valence electrons. The van der Waals surface area contributed by atoms with Crippen LogP contribution in [0.5, 0.6) is 0 Å². The quantitative estimate of drug-likeness (QED) is 0.681. The molecule has 0 spiro atoms. The van der Waals surface area contributed by atoms with E-state index in [1.165, 1.54) is 0 Å². The van der Waals surface area contributed by atoms with E-state index in [0.29, 0.717) is 13.0 Å². The molecule has 1 heterocycles. The summed E-state index contributed by atoms with van der Waals surface area (Å²) in [5.74, 6) is -0.104. The van der Waals surface area contributed by atoms with Crippen molar-refractivity contribution < 1.29 is 9.59 Å². The highest BCUT2D eigenvalue weighted by Crippen LogP contribution is 2.13. The number of hydrogen-bond donors (Lipinski definition) is 3. The van der Waals surface area contributed by atoms with Gasteiger partial charge in [0.15, 0.2) is 0 Å². The van der Waals surface area contributed by atoms with Crippen molar-refractivity contribution in [1.29, 1.82) is 0 Å². The van der Waals surface area contributed by atoms with Crippen LogP contribution in [0.1, 0.15) is 36.9 Å². The summed E-state index contributed by atoms with van der Waals surface area (Å²) >= 11 is 0. The molecule has 7 heteroatoms. The van der Waals surface area contributed by atoms with Crippen LogP contribution in [-0.2, 0) is 23.2 Å². The van der Waals surface area contributed by atoms with Gasteiger partial charge in [-0.15, -0.1) is 0 Å². The van der Waals surface area contributed by atoms with Crippen LogP contribution in [0.3, 0.4) is 0 Å². The number of likely N-dealkylation sites (N-methyl/N-ethyl adjacent to an activating group) is 1. The van der Waals surface area contributed by atoms with Crippen LogP contribution in [0.15, 0.2) is 36.7 Å². The van der Waals surface area contributed by atoms with Gasteiger partial charge in [-0.05, 0) is 31.2 Å². The van der Waals surface area contributed by atoms with Gasteiger partial charge in [-0.25, -0.2) is 0 Å². The third-order valence-electron chi connectivity index (χ3n) is 3.79. The second-order valence-electron chi connectivity index (χ2n) is 5.88. The predicted octanol–water partition coefficient (Wildman–Crippen LogP) is 1.74. The second kappa shape index (κ2) is 8.98. The number of aryl methyl sites for hydroxylation is 1. The maximum absolute atomic E-state index is 12.4. The van der Waals surface area contributed by atoms with E-state index in [2.05, 4.69) is 21.0 Å². The minimum absolute atomic E-state index is 0.0110. The number of nitrogens with one attached hydrogen (secondary N) is 3. The molecule has 1 aromatic heterocycles. The Morgan fingerprint density at radius 1 is 1.24 bits per heavy atom. The first-order valence-corrected chi connectivity index (χ1v) is 8.35. The van der Waals surface area contributed by atoms with Gasteiger partial charge < -0.3 is 16.0 Å². The fourth-order valence-corrected chi connectivity index (χ4v) is 2.49. The van der Waals surface area contributed by atoms with Gasteiger partial charge in [-0.3, -0.25) is 14.3 Å². The van der Waals surface area contributed by atoms with Crippen molar-refractivity contribution in [2.45, 2.75) is 32.4 Å². The molecule has 0 saturated heterocycles. The number of anilines is 1. The van der Waals surface area contributed by atoms with Gasteiger partial charge in [0, 0.05) is 37.5 Å². The summed E-state index contributed by atoms with van der Waals surface area (Å²) < 4.78 is 1.67. The van der Waals surface area contributed by atoms with Gasteiger partial charge >= 0.3 is 0 Å². The van der Waals surface area contributed by atoms with E-state index in [0.717, 1.165) is 23.2 Å². The van der Waals surface area contributed by atoms with Crippen molar-refractivity contribution in [3.05, 3.63) is 47.8 Å². The predicted molar refractivity (Wildman–Crippen MR) is 96.8 cm³/mol. The lowest BCUT2D eigenvalue weighted by molar-refractivity contribution is -0.123. The van der Waals surface area contributed by atoms with E-state index >= 15 is 0 Å². The number of carbonyl (C=O) groups excluding carboxylic acids is 2. The smallest absolute Gasteiger partial charge is 0.242 e. The molecule has 0 saturated carbocycles. The summed E-state index contributed by atoms with van der Waals surface area (Å²) in [6.07, 6.45) is 4.82. The van der Waals surface area contributed by atoms with Gasteiger partial charge in [-0.2, -0.15) is 5.10 Å². The third kappa shape index (κ3) is 5.42. The molecular formula is C18H25N5O2. The number of amides is 2. The van der Waals surface area contributed by atoms with E-state index in [1.807, 2.05) is 44.4 Å². The van der Waals surface area contributed by atoms with E-state index in [-0.39, 0.29) is 11.8 Å². The molecule has 2 rings (SSSR count). The Labute approximate surface area is 147 Å². The standard InChI is InChI=1S/C18H25N5O2/c1-4-5-16(24)22-15-8-6-13(7-9-15)10-20-18(25)17(19-2)14-11-21-23(3)12-14/h6-9,11-12,17,19H,4-5,10H2,1-3H3,(H,20,25)(H,22,24). The first kappa shape index (κ1) is 18.7. The average Bonchev–Trinajstić information content (AvgIpc) is 3.01. The molecule has 0 bridgehead atoms. The zero-order valence-corrected chi connectivity index (χ0v) is 14.9. The highest BCUT2D eigenvalue weighted by molar-refractivity contribution is 5.90. The van der Waals surface area contributed by atoms with Crippen LogP contribution >= 0.6 is 0 Å². The Morgan fingerprint density at radius 2 is 1.96 bits per heavy atom.